The summed E-state index contributed by atoms with van der Waals surface area (Å²) in [6.45, 7) is 0. The minimum absolute atomic E-state index is 0.00930. The molecule has 5 nitrogen and oxygen atoms in total. The van der Waals surface area contributed by atoms with Crippen molar-refractivity contribution in [3.8, 4) is 0 Å². The van der Waals surface area contributed by atoms with Crippen molar-refractivity contribution >= 4 is 28.8 Å². The summed E-state index contributed by atoms with van der Waals surface area (Å²) >= 11 is 1.17. The lowest BCUT2D eigenvalue weighted by atomic mass is 9.88. The first-order chi connectivity index (χ1) is 11.6. The van der Waals surface area contributed by atoms with E-state index in [-0.39, 0.29) is 28.6 Å². The number of hydrogen-bond acceptors (Lipinski definition) is 5. The Labute approximate surface area is 148 Å². The van der Waals surface area contributed by atoms with E-state index in [4.69, 9.17) is 4.74 Å². The van der Waals surface area contributed by atoms with Gasteiger partial charge in [0.25, 0.3) is 0 Å². The number of thioether (sulfide) groups is 1. The van der Waals surface area contributed by atoms with Gasteiger partial charge in [-0.2, -0.15) is 0 Å². The number of rotatable bonds is 6. The van der Waals surface area contributed by atoms with Crippen LogP contribution in [0.3, 0.4) is 0 Å². The molecule has 1 atom stereocenters. The Bertz CT molecular complexity index is 442. The topological polar surface area (TPSA) is 72.5 Å². The van der Waals surface area contributed by atoms with Gasteiger partial charge in [-0.25, -0.2) is 4.79 Å². The molecule has 1 unspecified atom stereocenters. The van der Waals surface area contributed by atoms with Crippen molar-refractivity contribution in [2.24, 2.45) is 11.8 Å². The lowest BCUT2D eigenvalue weighted by Crippen LogP contribution is -2.46. The Morgan fingerprint density at radius 2 is 1.50 bits per heavy atom. The van der Waals surface area contributed by atoms with Crippen LogP contribution in [0.1, 0.15) is 64.2 Å². The number of hydrogen-bond donors (Lipinski definition) is 1. The van der Waals surface area contributed by atoms with Gasteiger partial charge in [0.1, 0.15) is 6.04 Å². The maximum atomic E-state index is 12.4. The SMILES string of the molecule is COC(=O)C(CSC(=O)C1CCCCC1)NC(=O)C1CCCCC1. The number of carbonyl (C=O) groups excluding carboxylic acids is 3. The summed E-state index contributed by atoms with van der Waals surface area (Å²) in [6.07, 6.45) is 10.4. The highest BCUT2D eigenvalue weighted by atomic mass is 32.2. The van der Waals surface area contributed by atoms with Gasteiger partial charge in [0.2, 0.25) is 5.91 Å². The minimum atomic E-state index is -0.734. The second-order valence-corrected chi connectivity index (χ2v) is 7.91. The Morgan fingerprint density at radius 1 is 0.958 bits per heavy atom. The number of amides is 1. The molecular weight excluding hydrogens is 326 g/mol. The fourth-order valence-corrected chi connectivity index (χ4v) is 4.61. The molecule has 24 heavy (non-hydrogen) atoms. The van der Waals surface area contributed by atoms with E-state index in [9.17, 15) is 14.4 Å². The third kappa shape index (κ3) is 5.80. The molecule has 1 amide bonds. The van der Waals surface area contributed by atoms with Gasteiger partial charge < -0.3 is 10.1 Å². The molecule has 2 aliphatic carbocycles. The third-order valence-corrected chi connectivity index (χ3v) is 6.23. The molecule has 0 aromatic heterocycles. The van der Waals surface area contributed by atoms with Crippen LogP contribution < -0.4 is 5.32 Å². The highest BCUT2D eigenvalue weighted by molar-refractivity contribution is 8.13. The van der Waals surface area contributed by atoms with Crippen LogP contribution in [0.2, 0.25) is 0 Å². The van der Waals surface area contributed by atoms with Crippen molar-refractivity contribution in [3.63, 3.8) is 0 Å². The molecule has 1 N–H and O–H groups in total. The molecule has 0 saturated heterocycles. The van der Waals surface area contributed by atoms with Gasteiger partial charge in [0.15, 0.2) is 5.12 Å². The normalized spacial score (nSPS) is 21.0. The maximum absolute atomic E-state index is 12.4. The number of ether oxygens (including phenoxy) is 1. The molecule has 2 saturated carbocycles. The fourth-order valence-electron chi connectivity index (χ4n) is 3.59. The van der Waals surface area contributed by atoms with E-state index < -0.39 is 12.0 Å². The molecule has 0 aromatic carbocycles. The highest BCUT2D eigenvalue weighted by Crippen LogP contribution is 2.28. The lowest BCUT2D eigenvalue weighted by molar-refractivity contribution is -0.145. The molecule has 2 fully saturated rings. The Morgan fingerprint density at radius 3 is 2.04 bits per heavy atom. The van der Waals surface area contributed by atoms with Crippen LogP contribution in [0.5, 0.6) is 0 Å². The molecule has 0 bridgehead atoms. The van der Waals surface area contributed by atoms with Crippen LogP contribution in [0.15, 0.2) is 0 Å². The zero-order valence-corrected chi connectivity index (χ0v) is 15.4. The second kappa shape index (κ2) is 10.1. The van der Waals surface area contributed by atoms with Gasteiger partial charge in [0.05, 0.1) is 7.11 Å². The second-order valence-electron chi connectivity index (χ2n) is 6.88. The molecule has 2 aliphatic rings. The Hall–Kier alpha value is -1.04. The number of nitrogens with one attached hydrogen (secondary N) is 1. The fraction of sp³-hybridized carbons (Fsp3) is 0.833. The van der Waals surface area contributed by atoms with Gasteiger partial charge in [-0.1, -0.05) is 50.3 Å². The molecule has 0 spiro atoms. The Balaban J connectivity index is 1.84. The van der Waals surface area contributed by atoms with Crippen molar-refractivity contribution in [1.82, 2.24) is 5.32 Å². The van der Waals surface area contributed by atoms with Gasteiger partial charge >= 0.3 is 5.97 Å². The summed E-state index contributed by atoms with van der Waals surface area (Å²) in [5.41, 5.74) is 0. The van der Waals surface area contributed by atoms with Gasteiger partial charge in [-0.3, -0.25) is 9.59 Å². The van der Waals surface area contributed by atoms with Crippen LogP contribution in [0, 0.1) is 11.8 Å². The van der Waals surface area contributed by atoms with E-state index in [1.54, 1.807) is 0 Å². The van der Waals surface area contributed by atoms with E-state index in [1.807, 2.05) is 0 Å². The predicted octanol–water partition coefficient (Wildman–Crippen LogP) is 3.06. The smallest absolute Gasteiger partial charge is 0.329 e. The first-order valence-corrected chi connectivity index (χ1v) is 10.1. The quantitative estimate of drug-likeness (QED) is 0.741. The van der Waals surface area contributed by atoms with Crippen molar-refractivity contribution in [2.45, 2.75) is 70.3 Å². The number of methoxy groups -OCH3 is 1. The third-order valence-electron chi connectivity index (χ3n) is 5.11. The first-order valence-electron chi connectivity index (χ1n) is 9.16. The largest absolute Gasteiger partial charge is 0.467 e. The van der Waals surface area contributed by atoms with E-state index in [2.05, 4.69) is 5.32 Å². The summed E-state index contributed by atoms with van der Waals surface area (Å²) in [5, 5.41) is 2.96. The van der Waals surface area contributed by atoms with E-state index in [1.165, 1.54) is 31.7 Å². The molecule has 6 heteroatoms. The highest BCUT2D eigenvalue weighted by Gasteiger charge is 2.29. The minimum Gasteiger partial charge on any atom is -0.467 e. The van der Waals surface area contributed by atoms with Gasteiger partial charge in [-0.15, -0.1) is 0 Å². The van der Waals surface area contributed by atoms with E-state index in [0.717, 1.165) is 51.4 Å². The van der Waals surface area contributed by atoms with Crippen LogP contribution >= 0.6 is 11.8 Å². The summed E-state index contributed by atoms with van der Waals surface area (Å²) in [7, 11) is 1.32. The van der Waals surface area contributed by atoms with Crippen LogP contribution in [0.25, 0.3) is 0 Å². The molecule has 136 valence electrons. The summed E-state index contributed by atoms with van der Waals surface area (Å²) in [4.78, 5) is 36.6. The van der Waals surface area contributed by atoms with Gasteiger partial charge in [-0.05, 0) is 25.7 Å². The standard InChI is InChI=1S/C18H29NO4S/c1-23-17(21)15(19-16(20)13-8-4-2-5-9-13)12-24-18(22)14-10-6-3-7-11-14/h13-15H,2-12H2,1H3,(H,19,20). The van der Waals surface area contributed by atoms with Gasteiger partial charge in [0, 0.05) is 17.6 Å². The maximum Gasteiger partial charge on any atom is 0.329 e. The summed E-state index contributed by atoms with van der Waals surface area (Å²) in [6, 6.07) is -0.734. The zero-order chi connectivity index (χ0) is 17.4. The number of carbonyl (C=O) groups is 3. The van der Waals surface area contributed by atoms with Crippen molar-refractivity contribution in [3.05, 3.63) is 0 Å². The first kappa shape index (κ1) is 19.3. The summed E-state index contributed by atoms with van der Waals surface area (Å²) < 4.78 is 4.80. The van der Waals surface area contributed by atoms with Crippen molar-refractivity contribution in [1.29, 1.82) is 0 Å². The van der Waals surface area contributed by atoms with Crippen LogP contribution in [-0.2, 0) is 19.1 Å². The lowest BCUT2D eigenvalue weighted by Gasteiger charge is -2.24. The molecule has 0 aliphatic heterocycles. The number of esters is 1. The van der Waals surface area contributed by atoms with Crippen LogP contribution in [-0.4, -0.2) is 35.9 Å². The monoisotopic (exact) mass is 355 g/mol. The molecule has 0 radical (unpaired) electrons. The molecule has 0 heterocycles. The zero-order valence-electron chi connectivity index (χ0n) is 14.6. The summed E-state index contributed by atoms with van der Waals surface area (Å²) in [5.74, 6) is -0.180. The molecular formula is C18H29NO4S. The Kier molecular flexibility index (Phi) is 8.09. The van der Waals surface area contributed by atoms with Crippen LogP contribution in [0.4, 0.5) is 0 Å². The predicted molar refractivity (Wildman–Crippen MR) is 94.6 cm³/mol. The van der Waals surface area contributed by atoms with E-state index >= 15 is 0 Å². The van der Waals surface area contributed by atoms with Crippen molar-refractivity contribution in [2.75, 3.05) is 12.9 Å². The van der Waals surface area contributed by atoms with E-state index in [0.29, 0.717) is 0 Å². The molecule has 0 aromatic rings. The average molecular weight is 356 g/mol. The average Bonchev–Trinajstić information content (AvgIpc) is 2.65. The molecule has 2 rings (SSSR count). The van der Waals surface area contributed by atoms with Crippen molar-refractivity contribution < 1.29 is 19.1 Å².